The van der Waals surface area contributed by atoms with E-state index in [4.69, 9.17) is 10.5 Å². The Hall–Kier alpha value is -1.55. The lowest BCUT2D eigenvalue weighted by Gasteiger charge is -2.18. The van der Waals surface area contributed by atoms with E-state index >= 15 is 0 Å². The van der Waals surface area contributed by atoms with Gasteiger partial charge in [-0.1, -0.05) is 32.9 Å². The minimum atomic E-state index is -0.338. The lowest BCUT2D eigenvalue weighted by molar-refractivity contribution is 0.0530. The Morgan fingerprint density at radius 3 is 2.63 bits per heavy atom. The van der Waals surface area contributed by atoms with Crippen LogP contribution in [0.3, 0.4) is 0 Å². The first kappa shape index (κ1) is 13.9. The van der Waals surface area contributed by atoms with Gasteiger partial charge in [0.15, 0.2) is 0 Å². The third-order valence-electron chi connectivity index (χ3n) is 3.06. The highest BCUT2D eigenvalue weighted by molar-refractivity contribution is 7.23. The summed E-state index contributed by atoms with van der Waals surface area (Å²) in [6.07, 6.45) is 0. The summed E-state index contributed by atoms with van der Waals surface area (Å²) in [6.45, 7) is 8.64. The minimum Gasteiger partial charge on any atom is -0.462 e. The van der Waals surface area contributed by atoms with Gasteiger partial charge in [0.1, 0.15) is 10.6 Å². The SMILES string of the molecule is CCOC(=O)c1c(N)sc2cc(C(C)(C)C)ccc12. The zero-order valence-corrected chi connectivity index (χ0v) is 12.6. The normalized spacial score (nSPS) is 11.8. The summed E-state index contributed by atoms with van der Waals surface area (Å²) < 4.78 is 6.10. The summed E-state index contributed by atoms with van der Waals surface area (Å²) in [5.41, 5.74) is 7.78. The van der Waals surface area contributed by atoms with Gasteiger partial charge in [-0.3, -0.25) is 0 Å². The van der Waals surface area contributed by atoms with Gasteiger partial charge in [0.2, 0.25) is 0 Å². The Kier molecular flexibility index (Phi) is 3.54. The molecule has 2 N–H and O–H groups in total. The lowest BCUT2D eigenvalue weighted by atomic mass is 9.87. The molecule has 0 aliphatic heterocycles. The summed E-state index contributed by atoms with van der Waals surface area (Å²) in [4.78, 5) is 11.9. The predicted octanol–water partition coefficient (Wildman–Crippen LogP) is 3.96. The summed E-state index contributed by atoms with van der Waals surface area (Å²) >= 11 is 1.44. The molecule has 0 spiro atoms. The van der Waals surface area contributed by atoms with Gasteiger partial charge in [-0.25, -0.2) is 4.79 Å². The van der Waals surface area contributed by atoms with E-state index in [0.717, 1.165) is 10.1 Å². The maximum absolute atomic E-state index is 11.9. The molecule has 2 aromatic rings. The molecule has 1 aromatic heterocycles. The van der Waals surface area contributed by atoms with Crippen molar-refractivity contribution in [2.75, 3.05) is 12.3 Å². The van der Waals surface area contributed by atoms with Gasteiger partial charge in [0, 0.05) is 10.1 Å². The van der Waals surface area contributed by atoms with Crippen molar-refractivity contribution in [3.05, 3.63) is 29.3 Å². The van der Waals surface area contributed by atoms with Crippen molar-refractivity contribution in [3.8, 4) is 0 Å². The van der Waals surface area contributed by atoms with Crippen LogP contribution in [0.5, 0.6) is 0 Å². The molecular weight excluding hydrogens is 258 g/mol. The molecule has 19 heavy (non-hydrogen) atoms. The van der Waals surface area contributed by atoms with Crippen molar-refractivity contribution in [1.82, 2.24) is 0 Å². The van der Waals surface area contributed by atoms with Crippen LogP contribution in [0.2, 0.25) is 0 Å². The monoisotopic (exact) mass is 277 g/mol. The van der Waals surface area contributed by atoms with E-state index in [1.807, 2.05) is 6.07 Å². The molecule has 0 radical (unpaired) electrons. The number of benzene rings is 1. The Labute approximate surface area is 117 Å². The molecule has 0 unspecified atom stereocenters. The maximum Gasteiger partial charge on any atom is 0.341 e. The number of thiophene rings is 1. The van der Waals surface area contributed by atoms with Crippen molar-refractivity contribution in [2.45, 2.75) is 33.1 Å². The van der Waals surface area contributed by atoms with Gasteiger partial charge in [-0.05, 0) is 24.0 Å². The van der Waals surface area contributed by atoms with E-state index in [1.54, 1.807) is 6.92 Å². The number of carbonyl (C=O) groups excluding carboxylic acids is 1. The van der Waals surface area contributed by atoms with Gasteiger partial charge in [-0.15, -0.1) is 11.3 Å². The molecule has 2 rings (SSSR count). The summed E-state index contributed by atoms with van der Waals surface area (Å²) in [5.74, 6) is -0.338. The summed E-state index contributed by atoms with van der Waals surface area (Å²) in [7, 11) is 0. The molecule has 0 saturated carbocycles. The van der Waals surface area contributed by atoms with Crippen LogP contribution in [0.4, 0.5) is 5.00 Å². The second-order valence-electron chi connectivity index (χ2n) is 5.52. The van der Waals surface area contributed by atoms with Crippen LogP contribution in [0, 0.1) is 0 Å². The van der Waals surface area contributed by atoms with Crippen LogP contribution in [-0.2, 0) is 10.2 Å². The average Bonchev–Trinajstić information content (AvgIpc) is 2.62. The van der Waals surface area contributed by atoms with Crippen molar-refractivity contribution in [1.29, 1.82) is 0 Å². The standard InChI is InChI=1S/C15H19NO2S/c1-5-18-14(17)12-10-7-6-9(15(2,3)4)8-11(10)19-13(12)16/h6-8H,5,16H2,1-4H3. The summed E-state index contributed by atoms with van der Waals surface area (Å²) in [6, 6.07) is 6.13. The van der Waals surface area contributed by atoms with Crippen LogP contribution < -0.4 is 5.73 Å². The number of esters is 1. The first-order chi connectivity index (χ1) is 8.84. The van der Waals surface area contributed by atoms with E-state index in [9.17, 15) is 4.79 Å². The molecule has 0 saturated heterocycles. The van der Waals surface area contributed by atoms with Gasteiger partial charge < -0.3 is 10.5 Å². The molecule has 0 aliphatic carbocycles. The Morgan fingerprint density at radius 1 is 1.37 bits per heavy atom. The second kappa shape index (κ2) is 4.85. The third kappa shape index (κ3) is 2.59. The van der Waals surface area contributed by atoms with Crippen LogP contribution in [0.25, 0.3) is 10.1 Å². The van der Waals surface area contributed by atoms with Crippen molar-refractivity contribution in [2.24, 2.45) is 0 Å². The number of rotatable bonds is 2. The van der Waals surface area contributed by atoms with Crippen LogP contribution >= 0.6 is 11.3 Å². The third-order valence-corrected chi connectivity index (χ3v) is 4.04. The molecule has 3 nitrogen and oxygen atoms in total. The average molecular weight is 277 g/mol. The molecule has 4 heteroatoms. The highest BCUT2D eigenvalue weighted by Gasteiger charge is 2.20. The van der Waals surface area contributed by atoms with Gasteiger partial charge in [0.05, 0.1) is 6.61 Å². The maximum atomic E-state index is 11.9. The number of nitrogens with two attached hydrogens (primary N) is 1. The molecule has 0 fully saturated rings. The first-order valence-electron chi connectivity index (χ1n) is 6.34. The molecule has 0 amide bonds. The smallest absolute Gasteiger partial charge is 0.341 e. The summed E-state index contributed by atoms with van der Waals surface area (Å²) in [5, 5.41) is 1.41. The lowest BCUT2D eigenvalue weighted by Crippen LogP contribution is -2.10. The number of anilines is 1. The van der Waals surface area contributed by atoms with Crippen molar-refractivity contribution >= 4 is 32.4 Å². The second-order valence-corrected chi connectivity index (χ2v) is 6.61. The van der Waals surface area contributed by atoms with Crippen LogP contribution in [0.1, 0.15) is 43.6 Å². The van der Waals surface area contributed by atoms with Gasteiger partial charge in [0.25, 0.3) is 0 Å². The molecule has 0 bridgehead atoms. The Morgan fingerprint density at radius 2 is 2.05 bits per heavy atom. The van der Waals surface area contributed by atoms with E-state index < -0.39 is 0 Å². The zero-order chi connectivity index (χ0) is 14.2. The molecule has 1 aromatic carbocycles. The zero-order valence-electron chi connectivity index (χ0n) is 11.7. The fraction of sp³-hybridized carbons (Fsp3) is 0.400. The molecule has 0 atom stereocenters. The number of carbonyl (C=O) groups is 1. The largest absolute Gasteiger partial charge is 0.462 e. The Balaban J connectivity index is 2.57. The van der Waals surface area contributed by atoms with E-state index in [1.165, 1.54) is 16.9 Å². The number of hydrogen-bond donors (Lipinski definition) is 1. The highest BCUT2D eigenvalue weighted by atomic mass is 32.1. The quantitative estimate of drug-likeness (QED) is 0.845. The Bertz CT molecular complexity index is 623. The number of fused-ring (bicyclic) bond motifs is 1. The number of hydrogen-bond acceptors (Lipinski definition) is 4. The number of ether oxygens (including phenoxy) is 1. The van der Waals surface area contributed by atoms with E-state index in [-0.39, 0.29) is 11.4 Å². The molecule has 1 heterocycles. The van der Waals surface area contributed by atoms with Crippen molar-refractivity contribution in [3.63, 3.8) is 0 Å². The van der Waals surface area contributed by atoms with Crippen LogP contribution in [-0.4, -0.2) is 12.6 Å². The topological polar surface area (TPSA) is 52.3 Å². The number of nitrogen functional groups attached to an aromatic ring is 1. The first-order valence-corrected chi connectivity index (χ1v) is 7.16. The van der Waals surface area contributed by atoms with Gasteiger partial charge in [-0.2, -0.15) is 0 Å². The molecule has 102 valence electrons. The fourth-order valence-corrected chi connectivity index (χ4v) is 2.99. The predicted molar refractivity (Wildman–Crippen MR) is 80.9 cm³/mol. The highest BCUT2D eigenvalue weighted by Crippen LogP contribution is 2.36. The van der Waals surface area contributed by atoms with Gasteiger partial charge >= 0.3 is 5.97 Å². The minimum absolute atomic E-state index is 0.0804. The fourth-order valence-electron chi connectivity index (χ4n) is 2.00. The van der Waals surface area contributed by atoms with Crippen LogP contribution in [0.15, 0.2) is 18.2 Å². The molecule has 0 aliphatic rings. The van der Waals surface area contributed by atoms with Crippen molar-refractivity contribution < 1.29 is 9.53 Å². The van der Waals surface area contributed by atoms with E-state index in [2.05, 4.69) is 32.9 Å². The van der Waals surface area contributed by atoms with E-state index in [0.29, 0.717) is 17.2 Å². The molecular formula is C15H19NO2S.